The standard InChI is InChI=1S/C13H20N2O3/c1-13(2,3)18-12(16)15-10-4-9(6-14)5-11(15)8-17-7-10/h9-11H,4-5,7-8H2,1-3H3. The van der Waals surface area contributed by atoms with E-state index < -0.39 is 5.60 Å². The Morgan fingerprint density at radius 2 is 1.89 bits per heavy atom. The maximum absolute atomic E-state index is 12.2. The zero-order valence-corrected chi connectivity index (χ0v) is 11.2. The van der Waals surface area contributed by atoms with Crippen LogP contribution < -0.4 is 0 Å². The average molecular weight is 252 g/mol. The Kier molecular flexibility index (Phi) is 3.49. The number of hydrogen-bond acceptors (Lipinski definition) is 4. The van der Waals surface area contributed by atoms with Crippen LogP contribution in [0.15, 0.2) is 0 Å². The van der Waals surface area contributed by atoms with Crippen LogP contribution in [0.4, 0.5) is 4.79 Å². The van der Waals surface area contributed by atoms with Crippen molar-refractivity contribution in [3.8, 4) is 6.07 Å². The van der Waals surface area contributed by atoms with Gasteiger partial charge in [-0.05, 0) is 33.6 Å². The first-order valence-electron chi connectivity index (χ1n) is 6.39. The van der Waals surface area contributed by atoms with Crippen LogP contribution >= 0.6 is 0 Å². The number of carbonyl (C=O) groups excluding carboxylic acids is 1. The molecule has 0 radical (unpaired) electrons. The number of fused-ring (bicyclic) bond motifs is 2. The third-order valence-corrected chi connectivity index (χ3v) is 3.31. The summed E-state index contributed by atoms with van der Waals surface area (Å²) in [6, 6.07) is 2.27. The van der Waals surface area contributed by atoms with Gasteiger partial charge in [-0.25, -0.2) is 4.79 Å². The Bertz CT molecular complexity index is 355. The van der Waals surface area contributed by atoms with Crippen molar-refractivity contribution in [1.29, 1.82) is 5.26 Å². The van der Waals surface area contributed by atoms with Crippen molar-refractivity contribution >= 4 is 6.09 Å². The molecule has 2 aliphatic rings. The lowest BCUT2D eigenvalue weighted by atomic mass is 9.86. The van der Waals surface area contributed by atoms with Gasteiger partial charge < -0.3 is 9.47 Å². The molecule has 2 fully saturated rings. The summed E-state index contributed by atoms with van der Waals surface area (Å²) in [5.74, 6) is 0.0302. The van der Waals surface area contributed by atoms with Gasteiger partial charge in [0.1, 0.15) is 5.60 Å². The molecule has 0 aliphatic carbocycles. The van der Waals surface area contributed by atoms with Crippen LogP contribution in [0.1, 0.15) is 33.6 Å². The second kappa shape index (κ2) is 4.77. The Morgan fingerprint density at radius 1 is 1.33 bits per heavy atom. The molecule has 2 heterocycles. The number of amides is 1. The molecule has 0 saturated carbocycles. The summed E-state index contributed by atoms with van der Waals surface area (Å²) in [5.41, 5.74) is -0.488. The highest BCUT2D eigenvalue weighted by molar-refractivity contribution is 5.69. The van der Waals surface area contributed by atoms with Crippen molar-refractivity contribution < 1.29 is 14.3 Å². The van der Waals surface area contributed by atoms with Crippen LogP contribution in [0.3, 0.4) is 0 Å². The van der Waals surface area contributed by atoms with E-state index in [4.69, 9.17) is 14.7 Å². The number of ether oxygens (including phenoxy) is 2. The Labute approximate surface area is 108 Å². The molecule has 1 amide bonds. The van der Waals surface area contributed by atoms with Crippen LogP contribution in [-0.2, 0) is 9.47 Å². The molecule has 5 nitrogen and oxygen atoms in total. The van der Waals surface area contributed by atoms with Gasteiger partial charge in [-0.2, -0.15) is 5.26 Å². The van der Waals surface area contributed by atoms with E-state index in [2.05, 4.69) is 6.07 Å². The van der Waals surface area contributed by atoms with E-state index >= 15 is 0 Å². The van der Waals surface area contributed by atoms with Gasteiger partial charge in [-0.3, -0.25) is 4.90 Å². The molecule has 0 aromatic rings. The molecule has 2 unspecified atom stereocenters. The summed E-state index contributed by atoms with van der Waals surface area (Å²) in [7, 11) is 0. The highest BCUT2D eigenvalue weighted by Gasteiger charge is 2.43. The smallest absolute Gasteiger partial charge is 0.410 e. The zero-order valence-electron chi connectivity index (χ0n) is 11.2. The summed E-state index contributed by atoms with van der Waals surface area (Å²) >= 11 is 0. The van der Waals surface area contributed by atoms with Gasteiger partial charge in [0, 0.05) is 0 Å². The molecule has 2 rings (SSSR count). The van der Waals surface area contributed by atoms with Crippen molar-refractivity contribution in [2.24, 2.45) is 5.92 Å². The molecular weight excluding hydrogens is 232 g/mol. The third-order valence-electron chi connectivity index (χ3n) is 3.31. The fourth-order valence-corrected chi connectivity index (χ4v) is 2.63. The highest BCUT2D eigenvalue weighted by Crippen LogP contribution is 2.32. The molecule has 18 heavy (non-hydrogen) atoms. The quantitative estimate of drug-likeness (QED) is 0.660. The number of piperidine rings is 1. The molecule has 2 bridgehead atoms. The van der Waals surface area contributed by atoms with E-state index in [0.717, 1.165) is 0 Å². The van der Waals surface area contributed by atoms with Crippen molar-refractivity contribution in [2.45, 2.75) is 51.3 Å². The number of nitrogens with zero attached hydrogens (tertiary/aromatic N) is 2. The van der Waals surface area contributed by atoms with Crippen LogP contribution in [-0.4, -0.2) is 41.9 Å². The van der Waals surface area contributed by atoms with Crippen LogP contribution in [0, 0.1) is 17.2 Å². The molecule has 0 aromatic heterocycles. The lowest BCUT2D eigenvalue weighted by Gasteiger charge is -2.46. The first kappa shape index (κ1) is 13.2. The Morgan fingerprint density at radius 3 is 2.33 bits per heavy atom. The lowest BCUT2D eigenvalue weighted by Crippen LogP contribution is -2.59. The van der Waals surface area contributed by atoms with E-state index in [1.807, 2.05) is 20.8 Å². The van der Waals surface area contributed by atoms with Crippen molar-refractivity contribution in [3.05, 3.63) is 0 Å². The van der Waals surface area contributed by atoms with Crippen molar-refractivity contribution in [3.63, 3.8) is 0 Å². The zero-order chi connectivity index (χ0) is 13.3. The number of nitriles is 1. The number of hydrogen-bond donors (Lipinski definition) is 0. The SMILES string of the molecule is CC(C)(C)OC(=O)N1C2COCC1CC(C#N)C2. The highest BCUT2D eigenvalue weighted by atomic mass is 16.6. The molecule has 0 spiro atoms. The van der Waals surface area contributed by atoms with Gasteiger partial charge >= 0.3 is 6.09 Å². The topological polar surface area (TPSA) is 62.6 Å². The maximum atomic E-state index is 12.2. The molecule has 0 aromatic carbocycles. The molecule has 2 atom stereocenters. The summed E-state index contributed by atoms with van der Waals surface area (Å²) < 4.78 is 10.9. The van der Waals surface area contributed by atoms with E-state index in [1.54, 1.807) is 4.90 Å². The number of rotatable bonds is 0. The monoisotopic (exact) mass is 252 g/mol. The summed E-state index contributed by atoms with van der Waals surface area (Å²) in [4.78, 5) is 14.0. The Balaban J connectivity index is 2.09. The summed E-state index contributed by atoms with van der Waals surface area (Å²) in [6.45, 7) is 6.60. The van der Waals surface area contributed by atoms with Crippen LogP contribution in [0.25, 0.3) is 0 Å². The molecular formula is C13H20N2O3. The van der Waals surface area contributed by atoms with E-state index in [0.29, 0.717) is 26.1 Å². The third kappa shape index (κ3) is 2.75. The first-order chi connectivity index (χ1) is 8.40. The minimum absolute atomic E-state index is 0.0167. The minimum Gasteiger partial charge on any atom is -0.444 e. The van der Waals surface area contributed by atoms with Gasteiger partial charge in [0.2, 0.25) is 0 Å². The normalized spacial score (nSPS) is 31.7. The van der Waals surface area contributed by atoms with Gasteiger partial charge in [0.25, 0.3) is 0 Å². The number of carbonyl (C=O) groups is 1. The van der Waals surface area contributed by atoms with E-state index in [-0.39, 0.29) is 24.1 Å². The largest absolute Gasteiger partial charge is 0.444 e. The van der Waals surface area contributed by atoms with Gasteiger partial charge in [0.15, 0.2) is 0 Å². The Hall–Kier alpha value is -1.28. The second-order valence-electron chi connectivity index (χ2n) is 6.03. The molecule has 100 valence electrons. The molecule has 0 N–H and O–H groups in total. The van der Waals surface area contributed by atoms with Gasteiger partial charge in [0.05, 0.1) is 37.3 Å². The van der Waals surface area contributed by atoms with E-state index in [1.165, 1.54) is 0 Å². The van der Waals surface area contributed by atoms with Gasteiger partial charge in [-0.1, -0.05) is 0 Å². The fourth-order valence-electron chi connectivity index (χ4n) is 2.63. The van der Waals surface area contributed by atoms with Crippen molar-refractivity contribution in [1.82, 2.24) is 4.90 Å². The predicted octanol–water partition coefficient (Wildman–Crippen LogP) is 1.92. The minimum atomic E-state index is -0.488. The van der Waals surface area contributed by atoms with Gasteiger partial charge in [-0.15, -0.1) is 0 Å². The fraction of sp³-hybridized carbons (Fsp3) is 0.846. The van der Waals surface area contributed by atoms with Crippen LogP contribution in [0.5, 0.6) is 0 Å². The predicted molar refractivity (Wildman–Crippen MR) is 64.8 cm³/mol. The molecule has 2 saturated heterocycles. The summed E-state index contributed by atoms with van der Waals surface area (Å²) in [6.07, 6.45) is 1.09. The first-order valence-corrected chi connectivity index (χ1v) is 6.39. The summed E-state index contributed by atoms with van der Waals surface area (Å²) in [5, 5.41) is 9.03. The number of morpholine rings is 1. The molecule has 5 heteroatoms. The second-order valence-corrected chi connectivity index (χ2v) is 6.03. The van der Waals surface area contributed by atoms with Crippen LogP contribution in [0.2, 0.25) is 0 Å². The molecule has 2 aliphatic heterocycles. The van der Waals surface area contributed by atoms with Crippen molar-refractivity contribution in [2.75, 3.05) is 13.2 Å². The average Bonchev–Trinajstić information content (AvgIpc) is 2.24. The lowest BCUT2D eigenvalue weighted by molar-refractivity contribution is -0.0847. The van der Waals surface area contributed by atoms with E-state index in [9.17, 15) is 4.79 Å². The maximum Gasteiger partial charge on any atom is 0.410 e.